The molecule has 0 aliphatic heterocycles. The van der Waals surface area contributed by atoms with Gasteiger partial charge in [0.15, 0.2) is 5.82 Å². The summed E-state index contributed by atoms with van der Waals surface area (Å²) in [6, 6.07) is 17.9. The standard InChI is InChI=1S/C19H12ClN5S/c1-11-22-23-19-25(11)24-18(26-19)15-10-17(12-5-3-2-4-6-12)21-16-8-7-13(20)9-14(15)16/h2-10H,1H3. The van der Waals surface area contributed by atoms with Crippen molar-refractivity contribution in [3.8, 4) is 21.8 Å². The van der Waals surface area contributed by atoms with Gasteiger partial charge in [0, 0.05) is 21.5 Å². The van der Waals surface area contributed by atoms with E-state index in [4.69, 9.17) is 21.7 Å². The summed E-state index contributed by atoms with van der Waals surface area (Å²) in [4.78, 5) is 5.58. The zero-order valence-electron chi connectivity index (χ0n) is 13.7. The van der Waals surface area contributed by atoms with Crippen molar-refractivity contribution in [2.45, 2.75) is 6.92 Å². The van der Waals surface area contributed by atoms with Gasteiger partial charge in [0.1, 0.15) is 5.01 Å². The van der Waals surface area contributed by atoms with E-state index >= 15 is 0 Å². The number of nitrogens with zero attached hydrogens (tertiary/aromatic N) is 5. The zero-order valence-corrected chi connectivity index (χ0v) is 15.3. The summed E-state index contributed by atoms with van der Waals surface area (Å²) in [6.07, 6.45) is 0. The Kier molecular flexibility index (Phi) is 3.48. The Morgan fingerprint density at radius 2 is 1.85 bits per heavy atom. The summed E-state index contributed by atoms with van der Waals surface area (Å²) in [6.45, 7) is 1.89. The predicted molar refractivity (Wildman–Crippen MR) is 105 cm³/mol. The Bertz CT molecular complexity index is 1260. The number of fused-ring (bicyclic) bond motifs is 2. The second kappa shape index (κ2) is 5.86. The minimum absolute atomic E-state index is 0.673. The number of hydrogen-bond acceptors (Lipinski definition) is 5. The fourth-order valence-electron chi connectivity index (χ4n) is 2.96. The maximum absolute atomic E-state index is 6.25. The molecule has 5 aromatic rings. The van der Waals surface area contributed by atoms with Gasteiger partial charge in [0.2, 0.25) is 4.96 Å². The predicted octanol–water partition coefficient (Wildman–Crippen LogP) is 5.03. The van der Waals surface area contributed by atoms with Crippen molar-refractivity contribution < 1.29 is 0 Å². The maximum Gasteiger partial charge on any atom is 0.234 e. The normalized spacial score (nSPS) is 11.5. The second-order valence-electron chi connectivity index (χ2n) is 5.93. The molecule has 0 aliphatic rings. The van der Waals surface area contributed by atoms with E-state index in [0.717, 1.165) is 43.5 Å². The number of aryl methyl sites for hydroxylation is 1. The Balaban J connectivity index is 1.82. The van der Waals surface area contributed by atoms with Crippen LogP contribution in [0.4, 0.5) is 0 Å². The molecule has 0 N–H and O–H groups in total. The van der Waals surface area contributed by atoms with Crippen LogP contribution >= 0.6 is 22.9 Å². The largest absolute Gasteiger partial charge is 0.248 e. The highest BCUT2D eigenvalue weighted by Crippen LogP contribution is 2.35. The van der Waals surface area contributed by atoms with Crippen LogP contribution < -0.4 is 0 Å². The molecule has 2 aromatic carbocycles. The van der Waals surface area contributed by atoms with Crippen molar-refractivity contribution in [1.82, 2.24) is 24.8 Å². The molecule has 3 aromatic heterocycles. The van der Waals surface area contributed by atoms with Crippen molar-refractivity contribution in [1.29, 1.82) is 0 Å². The molecular formula is C19H12ClN5S. The summed E-state index contributed by atoms with van der Waals surface area (Å²) in [5.74, 6) is 0.766. The topological polar surface area (TPSA) is 56.0 Å². The van der Waals surface area contributed by atoms with Gasteiger partial charge in [-0.05, 0) is 31.2 Å². The van der Waals surface area contributed by atoms with E-state index in [0.29, 0.717) is 5.02 Å². The molecule has 0 spiro atoms. The van der Waals surface area contributed by atoms with Crippen LogP contribution in [0.1, 0.15) is 5.82 Å². The van der Waals surface area contributed by atoms with Gasteiger partial charge in [-0.1, -0.05) is 53.3 Å². The van der Waals surface area contributed by atoms with Crippen molar-refractivity contribution in [3.63, 3.8) is 0 Å². The van der Waals surface area contributed by atoms with E-state index in [1.165, 1.54) is 11.3 Å². The third kappa shape index (κ3) is 2.46. The number of halogens is 1. The molecule has 0 atom stereocenters. The molecule has 26 heavy (non-hydrogen) atoms. The fraction of sp³-hybridized carbons (Fsp3) is 0.0526. The molecule has 0 aliphatic carbocycles. The zero-order chi connectivity index (χ0) is 17.7. The highest BCUT2D eigenvalue weighted by Gasteiger charge is 2.16. The van der Waals surface area contributed by atoms with Crippen molar-refractivity contribution in [2.24, 2.45) is 0 Å². The quantitative estimate of drug-likeness (QED) is 0.433. The maximum atomic E-state index is 6.25. The molecule has 0 unspecified atom stereocenters. The molecule has 7 heteroatoms. The third-order valence-electron chi connectivity index (χ3n) is 4.22. The second-order valence-corrected chi connectivity index (χ2v) is 7.32. The van der Waals surface area contributed by atoms with Gasteiger partial charge < -0.3 is 0 Å². The van der Waals surface area contributed by atoms with Gasteiger partial charge in [0.25, 0.3) is 0 Å². The van der Waals surface area contributed by atoms with Crippen LogP contribution in [-0.2, 0) is 0 Å². The van der Waals surface area contributed by atoms with E-state index in [1.54, 1.807) is 4.52 Å². The van der Waals surface area contributed by atoms with Gasteiger partial charge in [-0.15, -0.1) is 10.2 Å². The lowest BCUT2D eigenvalue weighted by molar-refractivity contribution is 0.898. The van der Waals surface area contributed by atoms with E-state index in [1.807, 2.05) is 43.3 Å². The van der Waals surface area contributed by atoms with Crippen LogP contribution in [0, 0.1) is 6.92 Å². The molecule has 0 fully saturated rings. The minimum atomic E-state index is 0.673. The monoisotopic (exact) mass is 377 g/mol. The van der Waals surface area contributed by atoms with Gasteiger partial charge >= 0.3 is 0 Å². The van der Waals surface area contributed by atoms with Gasteiger partial charge in [-0.2, -0.15) is 9.61 Å². The first-order valence-corrected chi connectivity index (χ1v) is 9.23. The van der Waals surface area contributed by atoms with Gasteiger partial charge in [0.05, 0.1) is 11.2 Å². The number of benzene rings is 2. The lowest BCUT2D eigenvalue weighted by Gasteiger charge is -2.08. The molecule has 0 saturated heterocycles. The van der Waals surface area contributed by atoms with Crippen molar-refractivity contribution >= 4 is 38.8 Å². The Morgan fingerprint density at radius 1 is 1.00 bits per heavy atom. The summed E-state index contributed by atoms with van der Waals surface area (Å²) in [5.41, 5.74) is 3.84. The lowest BCUT2D eigenvalue weighted by atomic mass is 10.0. The van der Waals surface area contributed by atoms with Gasteiger partial charge in [-0.25, -0.2) is 4.98 Å². The smallest absolute Gasteiger partial charge is 0.234 e. The minimum Gasteiger partial charge on any atom is -0.248 e. The van der Waals surface area contributed by atoms with E-state index in [9.17, 15) is 0 Å². The van der Waals surface area contributed by atoms with E-state index in [2.05, 4.69) is 28.4 Å². The lowest BCUT2D eigenvalue weighted by Crippen LogP contribution is -1.92. The molecule has 5 nitrogen and oxygen atoms in total. The summed E-state index contributed by atoms with van der Waals surface area (Å²) < 4.78 is 1.76. The molecule has 126 valence electrons. The van der Waals surface area contributed by atoms with Crippen LogP contribution in [0.2, 0.25) is 5.02 Å². The highest BCUT2D eigenvalue weighted by molar-refractivity contribution is 7.19. The first-order chi connectivity index (χ1) is 12.7. The van der Waals surface area contributed by atoms with Crippen molar-refractivity contribution in [2.75, 3.05) is 0 Å². The van der Waals surface area contributed by atoms with Gasteiger partial charge in [-0.3, -0.25) is 0 Å². The number of pyridine rings is 1. The van der Waals surface area contributed by atoms with Crippen LogP contribution in [0.25, 0.3) is 37.7 Å². The summed E-state index contributed by atoms with van der Waals surface area (Å²) >= 11 is 7.75. The van der Waals surface area contributed by atoms with Crippen LogP contribution in [0.15, 0.2) is 54.6 Å². The molecule has 3 heterocycles. The highest BCUT2D eigenvalue weighted by atomic mass is 35.5. The Labute approximate surface area is 157 Å². The average molecular weight is 378 g/mol. The Morgan fingerprint density at radius 3 is 2.65 bits per heavy atom. The summed E-state index contributed by atoms with van der Waals surface area (Å²) in [7, 11) is 0. The number of aromatic nitrogens is 5. The van der Waals surface area contributed by atoms with E-state index in [-0.39, 0.29) is 0 Å². The summed E-state index contributed by atoms with van der Waals surface area (Å²) in [5, 5.41) is 15.4. The first kappa shape index (κ1) is 15.4. The third-order valence-corrected chi connectivity index (χ3v) is 5.38. The molecular weight excluding hydrogens is 366 g/mol. The van der Waals surface area contributed by atoms with Crippen LogP contribution in [-0.4, -0.2) is 24.8 Å². The first-order valence-electron chi connectivity index (χ1n) is 8.04. The van der Waals surface area contributed by atoms with Crippen molar-refractivity contribution in [3.05, 3.63) is 65.4 Å². The van der Waals surface area contributed by atoms with Crippen LogP contribution in [0.5, 0.6) is 0 Å². The molecule has 0 amide bonds. The number of rotatable bonds is 2. The SMILES string of the molecule is Cc1nnc2sc(-c3cc(-c4ccccc4)nc4ccc(Cl)cc34)nn12. The number of hydrogen-bond donors (Lipinski definition) is 0. The molecule has 5 rings (SSSR count). The van der Waals surface area contributed by atoms with E-state index < -0.39 is 0 Å². The van der Waals surface area contributed by atoms with Crippen LogP contribution in [0.3, 0.4) is 0 Å². The molecule has 0 saturated carbocycles. The Hall–Kier alpha value is -2.83. The average Bonchev–Trinajstić information content (AvgIpc) is 3.24. The molecule has 0 bridgehead atoms. The molecule has 0 radical (unpaired) electrons. The fourth-order valence-corrected chi connectivity index (χ4v) is 4.04.